The number of ether oxygens (including phenoxy) is 1. The van der Waals surface area contributed by atoms with Gasteiger partial charge in [0.2, 0.25) is 0 Å². The van der Waals surface area contributed by atoms with Gasteiger partial charge >= 0.3 is 5.97 Å². The van der Waals surface area contributed by atoms with Crippen LogP contribution in [-0.4, -0.2) is 30.6 Å². The van der Waals surface area contributed by atoms with E-state index in [1.165, 1.54) is 31.5 Å². The summed E-state index contributed by atoms with van der Waals surface area (Å²) in [6.07, 6.45) is 6.83. The number of benzene rings is 1. The van der Waals surface area contributed by atoms with E-state index in [1.54, 1.807) is 0 Å². The molecule has 1 fully saturated rings. The van der Waals surface area contributed by atoms with Crippen LogP contribution in [0, 0.1) is 0 Å². The van der Waals surface area contributed by atoms with Crippen LogP contribution in [0.3, 0.4) is 0 Å². The first-order valence-corrected chi connectivity index (χ1v) is 7.41. The summed E-state index contributed by atoms with van der Waals surface area (Å²) in [6.45, 7) is 5.72. The maximum atomic E-state index is 11.3. The fourth-order valence-corrected chi connectivity index (χ4v) is 2.51. The fourth-order valence-electron chi connectivity index (χ4n) is 2.51. The van der Waals surface area contributed by atoms with Crippen LogP contribution in [0.4, 0.5) is 0 Å². The molecule has 0 atom stereocenters. The molecule has 1 aromatic carbocycles. The molecule has 108 valence electrons. The number of nitrogens with zero attached hydrogens (tertiary/aromatic N) is 1. The quantitative estimate of drug-likeness (QED) is 0.745. The van der Waals surface area contributed by atoms with Gasteiger partial charge in [-0.1, -0.05) is 36.4 Å². The van der Waals surface area contributed by atoms with Crippen molar-refractivity contribution in [1.29, 1.82) is 0 Å². The first kappa shape index (κ1) is 14.8. The van der Waals surface area contributed by atoms with Gasteiger partial charge in [-0.3, -0.25) is 9.69 Å². The Morgan fingerprint density at radius 2 is 2.15 bits per heavy atom. The Hall–Kier alpha value is -1.61. The average molecular weight is 273 g/mol. The minimum Gasteiger partial charge on any atom is -0.466 e. The van der Waals surface area contributed by atoms with Crippen LogP contribution < -0.4 is 0 Å². The Balaban J connectivity index is 1.88. The predicted octanol–water partition coefficient (Wildman–Crippen LogP) is 3.25. The van der Waals surface area contributed by atoms with Crippen LogP contribution >= 0.6 is 0 Å². The lowest BCUT2D eigenvalue weighted by Crippen LogP contribution is -2.18. The van der Waals surface area contributed by atoms with Gasteiger partial charge in [0.05, 0.1) is 13.0 Å². The normalized spacial score (nSPS) is 15.8. The summed E-state index contributed by atoms with van der Waals surface area (Å²) in [5.41, 5.74) is 2.48. The first-order chi connectivity index (χ1) is 9.78. The van der Waals surface area contributed by atoms with Crippen LogP contribution in [-0.2, 0) is 16.1 Å². The molecular formula is C17H23NO2. The van der Waals surface area contributed by atoms with Crippen molar-refractivity contribution in [2.75, 3.05) is 19.7 Å². The van der Waals surface area contributed by atoms with Crippen molar-refractivity contribution in [2.24, 2.45) is 0 Å². The number of esters is 1. The van der Waals surface area contributed by atoms with E-state index in [4.69, 9.17) is 4.74 Å². The largest absolute Gasteiger partial charge is 0.466 e. The summed E-state index contributed by atoms with van der Waals surface area (Å²) in [6, 6.07) is 8.51. The summed E-state index contributed by atoms with van der Waals surface area (Å²) < 4.78 is 4.90. The molecule has 0 amide bonds. The highest BCUT2D eigenvalue weighted by atomic mass is 16.5. The highest BCUT2D eigenvalue weighted by Crippen LogP contribution is 2.14. The third kappa shape index (κ3) is 4.82. The summed E-state index contributed by atoms with van der Waals surface area (Å²) in [4.78, 5) is 13.7. The highest BCUT2D eigenvalue weighted by Gasteiger charge is 2.11. The molecule has 0 spiro atoms. The van der Waals surface area contributed by atoms with E-state index in [1.807, 2.05) is 19.1 Å². The van der Waals surface area contributed by atoms with Crippen molar-refractivity contribution in [3.63, 3.8) is 0 Å². The topological polar surface area (TPSA) is 29.5 Å². The summed E-state index contributed by atoms with van der Waals surface area (Å²) in [7, 11) is 0. The van der Waals surface area contributed by atoms with Crippen molar-refractivity contribution >= 4 is 12.0 Å². The molecule has 0 aliphatic carbocycles. The molecule has 1 heterocycles. The van der Waals surface area contributed by atoms with E-state index >= 15 is 0 Å². The number of carbonyl (C=O) groups is 1. The van der Waals surface area contributed by atoms with Crippen molar-refractivity contribution in [1.82, 2.24) is 4.90 Å². The molecular weight excluding hydrogens is 250 g/mol. The van der Waals surface area contributed by atoms with Crippen molar-refractivity contribution in [3.8, 4) is 0 Å². The van der Waals surface area contributed by atoms with E-state index < -0.39 is 0 Å². The molecule has 1 saturated heterocycles. The summed E-state index contributed by atoms with van der Waals surface area (Å²) in [5.74, 6) is -0.169. The molecule has 3 heteroatoms. The lowest BCUT2D eigenvalue weighted by atomic mass is 10.1. The van der Waals surface area contributed by atoms with Crippen LogP contribution in [0.1, 0.15) is 37.3 Å². The van der Waals surface area contributed by atoms with Gasteiger partial charge in [-0.25, -0.2) is 0 Å². The van der Waals surface area contributed by atoms with Crippen molar-refractivity contribution < 1.29 is 9.53 Å². The van der Waals surface area contributed by atoms with Crippen LogP contribution in [0.2, 0.25) is 0 Å². The van der Waals surface area contributed by atoms with E-state index in [2.05, 4.69) is 29.2 Å². The van der Waals surface area contributed by atoms with Gasteiger partial charge in [0.25, 0.3) is 0 Å². The predicted molar refractivity (Wildman–Crippen MR) is 81.2 cm³/mol. The van der Waals surface area contributed by atoms with Gasteiger partial charge in [0.15, 0.2) is 0 Å². The van der Waals surface area contributed by atoms with Crippen LogP contribution in [0.5, 0.6) is 0 Å². The number of likely N-dealkylation sites (tertiary alicyclic amines) is 1. The van der Waals surface area contributed by atoms with E-state index in [0.717, 1.165) is 12.1 Å². The Labute approximate surface area is 121 Å². The van der Waals surface area contributed by atoms with Gasteiger partial charge in [-0.05, 0) is 44.0 Å². The molecule has 0 bridgehead atoms. The maximum absolute atomic E-state index is 11.3. The Morgan fingerprint density at radius 1 is 1.35 bits per heavy atom. The number of hydrogen-bond acceptors (Lipinski definition) is 3. The molecule has 20 heavy (non-hydrogen) atoms. The van der Waals surface area contributed by atoms with Gasteiger partial charge in [0.1, 0.15) is 0 Å². The SMILES string of the molecule is CCOC(=O)CC=Cc1cccc(CN2CCCC2)c1. The standard InChI is InChI=1S/C17H23NO2/c1-2-20-17(19)10-6-8-15-7-5-9-16(13-15)14-18-11-3-4-12-18/h5-9,13H,2-4,10-12,14H2,1H3. The van der Waals surface area contributed by atoms with Gasteiger partial charge in [-0.2, -0.15) is 0 Å². The Morgan fingerprint density at radius 3 is 2.90 bits per heavy atom. The second-order valence-corrected chi connectivity index (χ2v) is 5.14. The van der Waals surface area contributed by atoms with E-state index in [0.29, 0.717) is 13.0 Å². The molecule has 0 radical (unpaired) electrons. The van der Waals surface area contributed by atoms with Gasteiger partial charge in [0, 0.05) is 6.54 Å². The smallest absolute Gasteiger partial charge is 0.309 e. The fraction of sp³-hybridized carbons (Fsp3) is 0.471. The minimum atomic E-state index is -0.169. The summed E-state index contributed by atoms with van der Waals surface area (Å²) >= 11 is 0. The van der Waals surface area contributed by atoms with Crippen molar-refractivity contribution in [2.45, 2.75) is 32.7 Å². The zero-order valence-corrected chi connectivity index (χ0v) is 12.2. The first-order valence-electron chi connectivity index (χ1n) is 7.41. The zero-order valence-electron chi connectivity index (χ0n) is 12.2. The molecule has 1 aliphatic rings. The molecule has 1 aromatic rings. The second kappa shape index (κ2) is 7.85. The lowest BCUT2D eigenvalue weighted by molar-refractivity contribution is -0.142. The molecule has 2 rings (SSSR count). The third-order valence-electron chi connectivity index (χ3n) is 3.46. The third-order valence-corrected chi connectivity index (χ3v) is 3.46. The van der Waals surface area contributed by atoms with Gasteiger partial charge in [-0.15, -0.1) is 0 Å². The molecule has 0 N–H and O–H groups in total. The molecule has 0 aromatic heterocycles. The highest BCUT2D eigenvalue weighted by molar-refractivity contribution is 5.72. The molecule has 0 saturated carbocycles. The zero-order chi connectivity index (χ0) is 14.2. The van der Waals surface area contributed by atoms with Gasteiger partial charge < -0.3 is 4.74 Å². The monoisotopic (exact) mass is 273 g/mol. The maximum Gasteiger partial charge on any atom is 0.309 e. The number of carbonyl (C=O) groups excluding carboxylic acids is 1. The molecule has 3 nitrogen and oxygen atoms in total. The van der Waals surface area contributed by atoms with E-state index in [-0.39, 0.29) is 5.97 Å². The average Bonchev–Trinajstić information content (AvgIpc) is 2.92. The molecule has 1 aliphatic heterocycles. The van der Waals surface area contributed by atoms with E-state index in [9.17, 15) is 4.79 Å². The Bertz CT molecular complexity index is 462. The summed E-state index contributed by atoms with van der Waals surface area (Å²) in [5, 5.41) is 0. The van der Waals surface area contributed by atoms with Crippen LogP contribution in [0.15, 0.2) is 30.3 Å². The Kier molecular flexibility index (Phi) is 5.81. The minimum absolute atomic E-state index is 0.169. The molecule has 0 unspecified atom stereocenters. The number of hydrogen-bond donors (Lipinski definition) is 0. The second-order valence-electron chi connectivity index (χ2n) is 5.14. The van der Waals surface area contributed by atoms with Crippen LogP contribution in [0.25, 0.3) is 6.08 Å². The number of rotatable bonds is 6. The van der Waals surface area contributed by atoms with Crippen molar-refractivity contribution in [3.05, 3.63) is 41.5 Å². The lowest BCUT2D eigenvalue weighted by Gasteiger charge is -2.14.